The Bertz CT molecular complexity index is 431. The van der Waals surface area contributed by atoms with Gasteiger partial charge in [-0.25, -0.2) is 4.98 Å². The minimum atomic E-state index is -0.455. The lowest BCUT2D eigenvalue weighted by Crippen LogP contribution is -2.38. The molecule has 2 heterocycles. The van der Waals surface area contributed by atoms with Crippen LogP contribution in [0.25, 0.3) is 0 Å². The fourth-order valence-electron chi connectivity index (χ4n) is 2.03. The second kappa shape index (κ2) is 5.77. The molecule has 6 heteroatoms. The summed E-state index contributed by atoms with van der Waals surface area (Å²) >= 11 is 0. The van der Waals surface area contributed by atoms with Gasteiger partial charge in [0.05, 0.1) is 4.92 Å². The van der Waals surface area contributed by atoms with Crippen LogP contribution in [0.3, 0.4) is 0 Å². The van der Waals surface area contributed by atoms with Crippen molar-refractivity contribution in [1.82, 2.24) is 10.3 Å². The Kier molecular flexibility index (Phi) is 4.09. The fraction of sp³-hybridized carbons (Fsp3) is 0.583. The van der Waals surface area contributed by atoms with Crippen LogP contribution in [0.2, 0.25) is 0 Å². The Morgan fingerprint density at radius 2 is 2.44 bits per heavy atom. The molecule has 0 bridgehead atoms. The number of piperidine rings is 1. The van der Waals surface area contributed by atoms with Gasteiger partial charge in [0.1, 0.15) is 6.61 Å². The molecule has 0 spiro atoms. The number of hydrogen-bond donors (Lipinski definition) is 1. The zero-order valence-electron chi connectivity index (χ0n) is 10.4. The molecule has 0 radical (unpaired) electrons. The van der Waals surface area contributed by atoms with E-state index in [1.807, 2.05) is 0 Å². The normalized spacial score (nSPS) is 19.5. The van der Waals surface area contributed by atoms with E-state index in [9.17, 15) is 10.1 Å². The molecule has 0 amide bonds. The van der Waals surface area contributed by atoms with Crippen LogP contribution in [0.5, 0.6) is 5.88 Å². The van der Waals surface area contributed by atoms with Gasteiger partial charge in [0.25, 0.3) is 5.88 Å². The van der Waals surface area contributed by atoms with E-state index in [1.54, 1.807) is 13.1 Å². The lowest BCUT2D eigenvalue weighted by molar-refractivity contribution is -0.386. The summed E-state index contributed by atoms with van der Waals surface area (Å²) < 4.78 is 5.48. The predicted molar refractivity (Wildman–Crippen MR) is 66.8 cm³/mol. The molecule has 1 aromatic rings. The van der Waals surface area contributed by atoms with Gasteiger partial charge >= 0.3 is 5.69 Å². The van der Waals surface area contributed by atoms with Crippen molar-refractivity contribution in [3.63, 3.8) is 0 Å². The monoisotopic (exact) mass is 251 g/mol. The Hall–Kier alpha value is -1.69. The van der Waals surface area contributed by atoms with Gasteiger partial charge in [-0.1, -0.05) is 6.42 Å². The summed E-state index contributed by atoms with van der Waals surface area (Å²) in [5.74, 6) is 0.109. The molecule has 0 aromatic carbocycles. The number of nitrogens with zero attached hydrogens (tertiary/aromatic N) is 2. The fourth-order valence-corrected chi connectivity index (χ4v) is 2.03. The SMILES string of the molecule is Cc1cnc(OCC2CCCCN2)c([N+](=O)[O-])c1. The molecule has 98 valence electrons. The summed E-state index contributed by atoms with van der Waals surface area (Å²) in [6.07, 6.45) is 4.97. The number of nitro groups is 1. The lowest BCUT2D eigenvalue weighted by atomic mass is 10.1. The van der Waals surface area contributed by atoms with Crippen LogP contribution in [-0.2, 0) is 0 Å². The molecule has 18 heavy (non-hydrogen) atoms. The number of ether oxygens (including phenoxy) is 1. The minimum Gasteiger partial charge on any atom is -0.471 e. The summed E-state index contributed by atoms with van der Waals surface area (Å²) in [7, 11) is 0. The molecule has 1 N–H and O–H groups in total. The van der Waals surface area contributed by atoms with E-state index in [1.165, 1.54) is 18.9 Å². The molecule has 0 aliphatic carbocycles. The first-order valence-electron chi connectivity index (χ1n) is 6.14. The molecule has 1 aliphatic rings. The summed E-state index contributed by atoms with van der Waals surface area (Å²) in [6.45, 7) is 3.18. The molecule has 0 saturated carbocycles. The van der Waals surface area contributed by atoms with E-state index in [0.717, 1.165) is 18.5 Å². The van der Waals surface area contributed by atoms with E-state index >= 15 is 0 Å². The van der Waals surface area contributed by atoms with Crippen molar-refractivity contribution in [3.8, 4) is 5.88 Å². The molecular formula is C12H17N3O3. The number of hydrogen-bond acceptors (Lipinski definition) is 5. The second-order valence-electron chi connectivity index (χ2n) is 4.55. The summed E-state index contributed by atoms with van der Waals surface area (Å²) in [5, 5.41) is 14.2. The first-order chi connectivity index (χ1) is 8.66. The van der Waals surface area contributed by atoms with Crippen molar-refractivity contribution in [1.29, 1.82) is 0 Å². The summed E-state index contributed by atoms with van der Waals surface area (Å²) in [6, 6.07) is 1.75. The number of aryl methyl sites for hydroxylation is 1. The predicted octanol–water partition coefficient (Wildman–Crippen LogP) is 1.82. The van der Waals surface area contributed by atoms with E-state index in [4.69, 9.17) is 4.74 Å². The van der Waals surface area contributed by atoms with Crippen molar-refractivity contribution < 1.29 is 9.66 Å². The standard InChI is InChI=1S/C12H17N3O3/c1-9-6-11(15(16)17)12(14-7-9)18-8-10-4-2-3-5-13-10/h6-7,10,13H,2-5,8H2,1H3. The van der Waals surface area contributed by atoms with Crippen molar-refractivity contribution in [3.05, 3.63) is 27.9 Å². The highest BCUT2D eigenvalue weighted by atomic mass is 16.6. The third kappa shape index (κ3) is 3.16. The van der Waals surface area contributed by atoms with Crippen LogP contribution < -0.4 is 10.1 Å². The zero-order chi connectivity index (χ0) is 13.0. The van der Waals surface area contributed by atoms with E-state index in [-0.39, 0.29) is 17.6 Å². The molecule has 1 saturated heterocycles. The Morgan fingerprint density at radius 3 is 3.11 bits per heavy atom. The second-order valence-corrected chi connectivity index (χ2v) is 4.55. The summed E-state index contributed by atoms with van der Waals surface area (Å²) in [5.41, 5.74) is 0.690. The highest BCUT2D eigenvalue weighted by molar-refractivity contribution is 5.42. The average molecular weight is 251 g/mol. The van der Waals surface area contributed by atoms with Crippen LogP contribution in [0.15, 0.2) is 12.3 Å². The topological polar surface area (TPSA) is 77.3 Å². The van der Waals surface area contributed by atoms with Gasteiger partial charge in [-0.15, -0.1) is 0 Å². The third-order valence-corrected chi connectivity index (χ3v) is 3.00. The van der Waals surface area contributed by atoms with Gasteiger partial charge in [-0.2, -0.15) is 0 Å². The minimum absolute atomic E-state index is 0.0641. The summed E-state index contributed by atoms with van der Waals surface area (Å²) in [4.78, 5) is 14.4. The van der Waals surface area contributed by atoms with Crippen molar-refractivity contribution >= 4 is 5.69 Å². The van der Waals surface area contributed by atoms with E-state index in [0.29, 0.717) is 6.61 Å². The van der Waals surface area contributed by atoms with Crippen molar-refractivity contribution in [2.45, 2.75) is 32.2 Å². The first-order valence-corrected chi connectivity index (χ1v) is 6.14. The molecule has 2 rings (SSSR count). The zero-order valence-corrected chi connectivity index (χ0v) is 10.4. The number of rotatable bonds is 4. The molecule has 1 aromatic heterocycles. The molecule has 1 unspecified atom stereocenters. The van der Waals surface area contributed by atoms with Crippen LogP contribution in [0.1, 0.15) is 24.8 Å². The maximum Gasteiger partial charge on any atom is 0.331 e. The van der Waals surface area contributed by atoms with Crippen LogP contribution >= 0.6 is 0 Å². The largest absolute Gasteiger partial charge is 0.471 e. The van der Waals surface area contributed by atoms with Gasteiger partial charge in [0.15, 0.2) is 0 Å². The average Bonchev–Trinajstić information content (AvgIpc) is 2.38. The van der Waals surface area contributed by atoms with Gasteiger partial charge < -0.3 is 10.1 Å². The van der Waals surface area contributed by atoms with Gasteiger partial charge in [0.2, 0.25) is 0 Å². The maximum atomic E-state index is 10.9. The van der Waals surface area contributed by atoms with Crippen LogP contribution in [0.4, 0.5) is 5.69 Å². The quantitative estimate of drug-likeness (QED) is 0.652. The van der Waals surface area contributed by atoms with E-state index in [2.05, 4.69) is 10.3 Å². The Balaban J connectivity index is 2.01. The number of pyridine rings is 1. The van der Waals surface area contributed by atoms with Gasteiger partial charge in [-0.05, 0) is 31.9 Å². The molecule has 1 aliphatic heterocycles. The van der Waals surface area contributed by atoms with Crippen LogP contribution in [0, 0.1) is 17.0 Å². The number of aromatic nitrogens is 1. The Morgan fingerprint density at radius 1 is 1.61 bits per heavy atom. The molecule has 6 nitrogen and oxygen atoms in total. The van der Waals surface area contributed by atoms with Gasteiger partial charge in [-0.3, -0.25) is 10.1 Å². The molecular weight excluding hydrogens is 234 g/mol. The van der Waals surface area contributed by atoms with Gasteiger partial charge in [0, 0.05) is 18.3 Å². The number of nitrogens with one attached hydrogen (secondary N) is 1. The Labute approximate surface area is 106 Å². The highest BCUT2D eigenvalue weighted by Crippen LogP contribution is 2.25. The molecule has 1 atom stereocenters. The van der Waals surface area contributed by atoms with E-state index < -0.39 is 4.92 Å². The van der Waals surface area contributed by atoms with Crippen molar-refractivity contribution in [2.75, 3.05) is 13.2 Å². The molecule has 1 fully saturated rings. The maximum absolute atomic E-state index is 10.9. The lowest BCUT2D eigenvalue weighted by Gasteiger charge is -2.23. The van der Waals surface area contributed by atoms with Crippen molar-refractivity contribution in [2.24, 2.45) is 0 Å². The third-order valence-electron chi connectivity index (χ3n) is 3.00. The van der Waals surface area contributed by atoms with Crippen LogP contribution in [-0.4, -0.2) is 29.1 Å². The first kappa shape index (κ1) is 12.8. The smallest absolute Gasteiger partial charge is 0.331 e. The highest BCUT2D eigenvalue weighted by Gasteiger charge is 2.19.